The van der Waals surface area contributed by atoms with Gasteiger partial charge in [0.2, 0.25) is 0 Å². The predicted molar refractivity (Wildman–Crippen MR) is 74.1 cm³/mol. The molecule has 0 amide bonds. The maximum atomic E-state index is 6.17. The maximum Gasteiger partial charge on any atom is 0.0331 e. The van der Waals surface area contributed by atoms with Crippen molar-refractivity contribution in [2.45, 2.75) is 82.2 Å². The molecule has 2 saturated carbocycles. The molecule has 2 rings (SSSR count). The molecular weight excluding hydrogens is 208 g/mol. The topological polar surface area (TPSA) is 29.3 Å². The average molecular weight is 238 g/mol. The molecule has 0 saturated heterocycles. The monoisotopic (exact) mass is 238 g/mol. The van der Waals surface area contributed by atoms with Crippen LogP contribution in [0.15, 0.2) is 0 Å². The lowest BCUT2D eigenvalue weighted by Gasteiger charge is -2.46. The molecule has 0 atom stereocenters. The van der Waals surface area contributed by atoms with E-state index < -0.39 is 0 Å². The fraction of sp³-hybridized carbons (Fsp3) is 1.00. The SMILES string of the molecule is CN(C1CCCCC1)C1(CN)CCCCCC1. The minimum Gasteiger partial charge on any atom is -0.329 e. The summed E-state index contributed by atoms with van der Waals surface area (Å²) in [6.45, 7) is 0.861. The Labute approximate surface area is 107 Å². The van der Waals surface area contributed by atoms with Crippen LogP contribution >= 0.6 is 0 Å². The normalized spacial score (nSPS) is 27.0. The number of nitrogens with zero attached hydrogens (tertiary/aromatic N) is 1. The van der Waals surface area contributed by atoms with Crippen molar-refractivity contribution in [3.05, 3.63) is 0 Å². The summed E-state index contributed by atoms with van der Waals surface area (Å²) in [6, 6.07) is 0.811. The van der Waals surface area contributed by atoms with Crippen molar-refractivity contribution in [1.82, 2.24) is 4.90 Å². The molecule has 2 aliphatic carbocycles. The molecule has 2 heteroatoms. The Morgan fingerprint density at radius 3 is 2.00 bits per heavy atom. The maximum absolute atomic E-state index is 6.17. The van der Waals surface area contributed by atoms with Crippen molar-refractivity contribution >= 4 is 0 Å². The first kappa shape index (κ1) is 13.4. The largest absolute Gasteiger partial charge is 0.329 e. The van der Waals surface area contributed by atoms with Gasteiger partial charge in [-0.2, -0.15) is 0 Å². The van der Waals surface area contributed by atoms with E-state index >= 15 is 0 Å². The van der Waals surface area contributed by atoms with Gasteiger partial charge in [0, 0.05) is 18.1 Å². The zero-order valence-corrected chi connectivity index (χ0v) is 11.6. The smallest absolute Gasteiger partial charge is 0.0331 e. The minimum atomic E-state index is 0.332. The van der Waals surface area contributed by atoms with Gasteiger partial charge < -0.3 is 5.73 Å². The number of likely N-dealkylation sites (N-methyl/N-ethyl adjacent to an activating group) is 1. The highest BCUT2D eigenvalue weighted by Gasteiger charge is 2.37. The molecule has 0 bridgehead atoms. The van der Waals surface area contributed by atoms with E-state index in [4.69, 9.17) is 5.73 Å². The van der Waals surface area contributed by atoms with Crippen LogP contribution in [-0.2, 0) is 0 Å². The zero-order chi connectivity index (χ0) is 12.1. The lowest BCUT2D eigenvalue weighted by molar-refractivity contribution is 0.0451. The van der Waals surface area contributed by atoms with Crippen LogP contribution in [0.2, 0.25) is 0 Å². The van der Waals surface area contributed by atoms with Crippen LogP contribution in [0, 0.1) is 0 Å². The Bertz CT molecular complexity index is 213. The summed E-state index contributed by atoms with van der Waals surface area (Å²) in [7, 11) is 2.36. The average Bonchev–Trinajstić information content (AvgIpc) is 2.65. The van der Waals surface area contributed by atoms with E-state index in [-0.39, 0.29) is 0 Å². The Hall–Kier alpha value is -0.0800. The van der Waals surface area contributed by atoms with Crippen LogP contribution < -0.4 is 5.73 Å². The van der Waals surface area contributed by atoms with E-state index in [1.165, 1.54) is 70.6 Å². The molecule has 0 radical (unpaired) electrons. The number of rotatable bonds is 3. The van der Waals surface area contributed by atoms with E-state index in [2.05, 4.69) is 11.9 Å². The lowest BCUT2D eigenvalue weighted by atomic mass is 9.84. The number of nitrogens with two attached hydrogens (primary N) is 1. The molecule has 0 aromatic rings. The van der Waals surface area contributed by atoms with Gasteiger partial charge in [-0.1, -0.05) is 44.9 Å². The van der Waals surface area contributed by atoms with Gasteiger partial charge in [-0.25, -0.2) is 0 Å². The Morgan fingerprint density at radius 1 is 0.941 bits per heavy atom. The molecule has 0 aromatic heterocycles. The fourth-order valence-corrected chi connectivity index (χ4v) is 3.94. The molecule has 2 fully saturated rings. The predicted octanol–water partition coefficient (Wildman–Crippen LogP) is 3.30. The Kier molecular flexibility index (Phi) is 4.87. The lowest BCUT2D eigenvalue weighted by Crippen LogP contribution is -2.56. The second-order valence-electron chi connectivity index (χ2n) is 6.25. The highest BCUT2D eigenvalue weighted by molar-refractivity contribution is 4.95. The van der Waals surface area contributed by atoms with E-state index in [1.54, 1.807) is 0 Å². The van der Waals surface area contributed by atoms with E-state index in [0.717, 1.165) is 12.6 Å². The third kappa shape index (κ3) is 3.03. The van der Waals surface area contributed by atoms with E-state index in [9.17, 15) is 0 Å². The van der Waals surface area contributed by atoms with Crippen molar-refractivity contribution in [1.29, 1.82) is 0 Å². The van der Waals surface area contributed by atoms with Gasteiger partial charge in [0.25, 0.3) is 0 Å². The quantitative estimate of drug-likeness (QED) is 0.764. The number of hydrogen-bond donors (Lipinski definition) is 1. The van der Waals surface area contributed by atoms with E-state index in [1.807, 2.05) is 0 Å². The van der Waals surface area contributed by atoms with Crippen molar-refractivity contribution < 1.29 is 0 Å². The summed E-state index contributed by atoms with van der Waals surface area (Å²) < 4.78 is 0. The van der Waals surface area contributed by atoms with Crippen LogP contribution in [0.1, 0.15) is 70.6 Å². The number of hydrogen-bond acceptors (Lipinski definition) is 2. The van der Waals surface area contributed by atoms with Crippen molar-refractivity contribution in [3.63, 3.8) is 0 Å². The third-order valence-corrected chi connectivity index (χ3v) is 5.28. The van der Waals surface area contributed by atoms with E-state index in [0.29, 0.717) is 5.54 Å². The summed E-state index contributed by atoms with van der Waals surface area (Å²) >= 11 is 0. The highest BCUT2D eigenvalue weighted by Crippen LogP contribution is 2.35. The molecule has 0 heterocycles. The van der Waals surface area contributed by atoms with Crippen LogP contribution in [0.4, 0.5) is 0 Å². The van der Waals surface area contributed by atoms with Crippen molar-refractivity contribution in [3.8, 4) is 0 Å². The van der Waals surface area contributed by atoms with Gasteiger partial charge in [-0.3, -0.25) is 4.90 Å². The first-order valence-corrected chi connectivity index (χ1v) is 7.71. The summed E-state index contributed by atoms with van der Waals surface area (Å²) in [5.74, 6) is 0. The molecule has 0 aliphatic heterocycles. The molecule has 2 aliphatic rings. The third-order valence-electron chi connectivity index (χ3n) is 5.28. The molecular formula is C15H30N2. The molecule has 100 valence electrons. The summed E-state index contributed by atoms with van der Waals surface area (Å²) in [5, 5.41) is 0. The molecule has 0 aromatic carbocycles. The first-order chi connectivity index (χ1) is 8.28. The first-order valence-electron chi connectivity index (χ1n) is 7.71. The van der Waals surface area contributed by atoms with Crippen molar-refractivity contribution in [2.24, 2.45) is 5.73 Å². The van der Waals surface area contributed by atoms with Crippen molar-refractivity contribution in [2.75, 3.05) is 13.6 Å². The van der Waals surface area contributed by atoms with Crippen LogP contribution in [0.25, 0.3) is 0 Å². The highest BCUT2D eigenvalue weighted by atomic mass is 15.2. The van der Waals surface area contributed by atoms with Gasteiger partial charge in [0.05, 0.1) is 0 Å². The second-order valence-corrected chi connectivity index (χ2v) is 6.25. The van der Waals surface area contributed by atoms with Crippen LogP contribution in [0.3, 0.4) is 0 Å². The molecule has 17 heavy (non-hydrogen) atoms. The van der Waals surface area contributed by atoms with Gasteiger partial charge in [0.1, 0.15) is 0 Å². The summed E-state index contributed by atoms with van der Waals surface area (Å²) in [5.41, 5.74) is 6.51. The Balaban J connectivity index is 2.03. The zero-order valence-electron chi connectivity index (χ0n) is 11.6. The summed E-state index contributed by atoms with van der Waals surface area (Å²) in [6.07, 6.45) is 15.4. The molecule has 2 nitrogen and oxygen atoms in total. The molecule has 2 N–H and O–H groups in total. The fourth-order valence-electron chi connectivity index (χ4n) is 3.94. The standard InChI is InChI=1S/C15H30N2/c1-17(14-9-5-4-6-10-14)15(13-16)11-7-2-3-8-12-15/h14H,2-13,16H2,1H3. The minimum absolute atomic E-state index is 0.332. The Morgan fingerprint density at radius 2 is 1.47 bits per heavy atom. The van der Waals surface area contributed by atoms with Crippen LogP contribution in [0.5, 0.6) is 0 Å². The van der Waals surface area contributed by atoms with Gasteiger partial charge in [-0.15, -0.1) is 0 Å². The molecule has 0 spiro atoms. The van der Waals surface area contributed by atoms with Crippen LogP contribution in [-0.4, -0.2) is 30.1 Å². The summed E-state index contributed by atoms with van der Waals surface area (Å²) in [4.78, 5) is 2.69. The second kappa shape index (κ2) is 6.19. The van der Waals surface area contributed by atoms with Gasteiger partial charge in [-0.05, 0) is 32.7 Å². The molecule has 0 unspecified atom stereocenters. The van der Waals surface area contributed by atoms with Gasteiger partial charge in [0.15, 0.2) is 0 Å². The van der Waals surface area contributed by atoms with Gasteiger partial charge >= 0.3 is 0 Å².